The molecular formula is C17H16F3N3O. The zero-order chi connectivity index (χ0) is 17.3. The van der Waals surface area contributed by atoms with Crippen LogP contribution in [0.4, 0.5) is 18.9 Å². The number of rotatable bonds is 3. The molecule has 24 heavy (non-hydrogen) atoms. The Balaban J connectivity index is 1.85. The standard InChI is InChI=1S/C17H16F3N3O/c1-12-8-10-23(11-15(12)16-7-9-21-22(16)2)13-3-5-14(6-4-13)24-17(18,19)20/h3-9,11H,10H2,1-2H3. The first-order valence-corrected chi connectivity index (χ1v) is 7.33. The number of benzene rings is 1. The lowest BCUT2D eigenvalue weighted by Gasteiger charge is -2.26. The van der Waals surface area contributed by atoms with Gasteiger partial charge < -0.3 is 9.64 Å². The third-order valence-corrected chi connectivity index (χ3v) is 3.80. The van der Waals surface area contributed by atoms with Gasteiger partial charge in [-0.1, -0.05) is 6.08 Å². The smallest absolute Gasteiger partial charge is 0.406 e. The number of hydrogen-bond donors (Lipinski definition) is 0. The van der Waals surface area contributed by atoms with Crippen LogP contribution in [0.1, 0.15) is 12.6 Å². The number of anilines is 1. The Morgan fingerprint density at radius 3 is 2.42 bits per heavy atom. The predicted molar refractivity (Wildman–Crippen MR) is 85.4 cm³/mol. The highest BCUT2D eigenvalue weighted by molar-refractivity contribution is 5.80. The van der Waals surface area contributed by atoms with Gasteiger partial charge in [0.15, 0.2) is 0 Å². The molecule has 2 heterocycles. The van der Waals surface area contributed by atoms with Gasteiger partial charge in [-0.05, 0) is 42.8 Å². The van der Waals surface area contributed by atoms with Gasteiger partial charge in [0, 0.05) is 37.2 Å². The van der Waals surface area contributed by atoms with Crippen LogP contribution in [0.25, 0.3) is 5.57 Å². The number of ether oxygens (including phenoxy) is 1. The molecule has 0 N–H and O–H groups in total. The molecule has 0 unspecified atom stereocenters. The monoisotopic (exact) mass is 335 g/mol. The Labute approximate surface area is 137 Å². The van der Waals surface area contributed by atoms with Gasteiger partial charge in [-0.3, -0.25) is 4.68 Å². The molecule has 0 saturated carbocycles. The Morgan fingerprint density at radius 2 is 1.83 bits per heavy atom. The summed E-state index contributed by atoms with van der Waals surface area (Å²) in [5.41, 5.74) is 3.92. The van der Waals surface area contributed by atoms with Gasteiger partial charge >= 0.3 is 6.36 Å². The van der Waals surface area contributed by atoms with E-state index in [-0.39, 0.29) is 5.75 Å². The minimum atomic E-state index is -4.68. The summed E-state index contributed by atoms with van der Waals surface area (Å²) in [6, 6.07) is 7.75. The number of nitrogens with zero attached hydrogens (tertiary/aromatic N) is 3. The number of alkyl halides is 3. The van der Waals surface area contributed by atoms with Crippen LogP contribution in [-0.4, -0.2) is 22.7 Å². The van der Waals surface area contributed by atoms with Gasteiger partial charge in [0.2, 0.25) is 0 Å². The van der Waals surface area contributed by atoms with E-state index in [0.717, 1.165) is 22.5 Å². The van der Waals surface area contributed by atoms with Crippen LogP contribution in [0.2, 0.25) is 0 Å². The highest BCUT2D eigenvalue weighted by atomic mass is 19.4. The van der Waals surface area contributed by atoms with E-state index in [1.54, 1.807) is 23.0 Å². The lowest BCUT2D eigenvalue weighted by Crippen LogP contribution is -2.21. The Hall–Kier alpha value is -2.70. The molecule has 1 aliphatic rings. The predicted octanol–water partition coefficient (Wildman–Crippen LogP) is 4.13. The van der Waals surface area contributed by atoms with E-state index in [0.29, 0.717) is 6.54 Å². The first kappa shape index (κ1) is 16.2. The second-order valence-corrected chi connectivity index (χ2v) is 5.46. The summed E-state index contributed by atoms with van der Waals surface area (Å²) in [5, 5.41) is 4.18. The van der Waals surface area contributed by atoms with Crippen molar-refractivity contribution in [3.63, 3.8) is 0 Å². The molecule has 126 valence electrons. The van der Waals surface area contributed by atoms with E-state index in [1.165, 1.54) is 12.1 Å². The van der Waals surface area contributed by atoms with Crippen molar-refractivity contribution in [3.8, 4) is 5.75 Å². The van der Waals surface area contributed by atoms with Crippen LogP contribution in [0.15, 0.2) is 54.4 Å². The lowest BCUT2D eigenvalue weighted by molar-refractivity contribution is -0.274. The zero-order valence-electron chi connectivity index (χ0n) is 13.2. The molecule has 3 rings (SSSR count). The van der Waals surface area contributed by atoms with Crippen molar-refractivity contribution >= 4 is 11.3 Å². The number of aromatic nitrogens is 2. The summed E-state index contributed by atoms with van der Waals surface area (Å²) in [6.07, 6.45) is 1.10. The van der Waals surface area contributed by atoms with Gasteiger partial charge in [-0.15, -0.1) is 13.2 Å². The molecule has 4 nitrogen and oxygen atoms in total. The van der Waals surface area contributed by atoms with Crippen LogP contribution in [-0.2, 0) is 7.05 Å². The second kappa shape index (κ2) is 6.07. The summed E-state index contributed by atoms with van der Waals surface area (Å²) in [4.78, 5) is 1.96. The molecule has 0 fully saturated rings. The SMILES string of the molecule is CC1=CCN(c2ccc(OC(F)(F)F)cc2)C=C1c1ccnn1C. The summed E-state index contributed by atoms with van der Waals surface area (Å²) < 4.78 is 42.4. The van der Waals surface area contributed by atoms with E-state index >= 15 is 0 Å². The molecular weight excluding hydrogens is 319 g/mol. The van der Waals surface area contributed by atoms with Crippen LogP contribution >= 0.6 is 0 Å². The molecule has 0 bridgehead atoms. The maximum atomic E-state index is 12.2. The number of allylic oxidation sites excluding steroid dienone is 2. The van der Waals surface area contributed by atoms with E-state index in [2.05, 4.69) is 15.9 Å². The third-order valence-electron chi connectivity index (χ3n) is 3.80. The maximum absolute atomic E-state index is 12.2. The summed E-state index contributed by atoms with van der Waals surface area (Å²) in [5.74, 6) is -0.231. The second-order valence-electron chi connectivity index (χ2n) is 5.46. The van der Waals surface area contributed by atoms with Gasteiger partial charge in [0.1, 0.15) is 5.75 Å². The van der Waals surface area contributed by atoms with E-state index < -0.39 is 6.36 Å². The van der Waals surface area contributed by atoms with Crippen molar-refractivity contribution in [2.75, 3.05) is 11.4 Å². The fraction of sp³-hybridized carbons (Fsp3) is 0.235. The van der Waals surface area contributed by atoms with Crippen molar-refractivity contribution in [1.29, 1.82) is 0 Å². The summed E-state index contributed by atoms with van der Waals surface area (Å²) in [7, 11) is 1.87. The zero-order valence-corrected chi connectivity index (χ0v) is 13.2. The molecule has 2 aromatic rings. The average Bonchev–Trinajstić information content (AvgIpc) is 2.93. The number of halogens is 3. The van der Waals surface area contributed by atoms with Gasteiger partial charge in [-0.25, -0.2) is 0 Å². The molecule has 1 aliphatic heterocycles. The third kappa shape index (κ3) is 3.45. The Bertz CT molecular complexity index is 788. The molecule has 1 aromatic heterocycles. The largest absolute Gasteiger partial charge is 0.573 e. The van der Waals surface area contributed by atoms with Crippen molar-refractivity contribution in [2.24, 2.45) is 7.05 Å². The van der Waals surface area contributed by atoms with Crippen LogP contribution in [0.3, 0.4) is 0 Å². The number of aryl methyl sites for hydroxylation is 1. The van der Waals surface area contributed by atoms with E-state index in [9.17, 15) is 13.2 Å². The molecule has 0 amide bonds. The van der Waals surface area contributed by atoms with Crippen molar-refractivity contribution < 1.29 is 17.9 Å². The molecule has 0 radical (unpaired) electrons. The van der Waals surface area contributed by atoms with Crippen molar-refractivity contribution in [2.45, 2.75) is 13.3 Å². The van der Waals surface area contributed by atoms with Crippen molar-refractivity contribution in [3.05, 3.63) is 60.1 Å². The first-order chi connectivity index (χ1) is 11.3. The lowest BCUT2D eigenvalue weighted by atomic mass is 10.0. The maximum Gasteiger partial charge on any atom is 0.573 e. The molecule has 0 saturated heterocycles. The molecule has 0 aliphatic carbocycles. The van der Waals surface area contributed by atoms with E-state index in [1.807, 2.05) is 31.1 Å². The number of hydrogen-bond acceptors (Lipinski definition) is 3. The first-order valence-electron chi connectivity index (χ1n) is 7.33. The molecule has 7 heteroatoms. The minimum absolute atomic E-state index is 0.231. The summed E-state index contributed by atoms with van der Waals surface area (Å²) in [6.45, 7) is 2.67. The quantitative estimate of drug-likeness (QED) is 0.845. The van der Waals surface area contributed by atoms with Gasteiger partial charge in [-0.2, -0.15) is 5.10 Å². The minimum Gasteiger partial charge on any atom is -0.406 e. The Morgan fingerprint density at radius 1 is 1.12 bits per heavy atom. The van der Waals surface area contributed by atoms with E-state index in [4.69, 9.17) is 0 Å². The highest BCUT2D eigenvalue weighted by Gasteiger charge is 2.31. The van der Waals surface area contributed by atoms with Crippen LogP contribution < -0.4 is 9.64 Å². The molecule has 0 atom stereocenters. The van der Waals surface area contributed by atoms with Crippen LogP contribution in [0, 0.1) is 0 Å². The average molecular weight is 335 g/mol. The van der Waals surface area contributed by atoms with Gasteiger partial charge in [0.05, 0.1) is 5.69 Å². The van der Waals surface area contributed by atoms with Crippen LogP contribution in [0.5, 0.6) is 5.75 Å². The summed E-state index contributed by atoms with van der Waals surface area (Å²) >= 11 is 0. The highest BCUT2D eigenvalue weighted by Crippen LogP contribution is 2.30. The van der Waals surface area contributed by atoms with Crippen molar-refractivity contribution in [1.82, 2.24) is 9.78 Å². The molecule has 0 spiro atoms. The van der Waals surface area contributed by atoms with Gasteiger partial charge in [0.25, 0.3) is 0 Å². The normalized spacial score (nSPS) is 15.1. The Kier molecular flexibility index (Phi) is 4.09. The topological polar surface area (TPSA) is 30.3 Å². The fourth-order valence-electron chi connectivity index (χ4n) is 2.58. The fourth-order valence-corrected chi connectivity index (χ4v) is 2.58. The molecule has 1 aromatic carbocycles.